The number of benzene rings is 2. The molecule has 1 saturated heterocycles. The normalized spacial score (nSPS) is 15.0. The molecule has 0 bridgehead atoms. The Hall–Kier alpha value is -3.64. The molecule has 9 nitrogen and oxygen atoms in total. The highest BCUT2D eigenvalue weighted by atomic mass is 19.3. The predicted octanol–water partition coefficient (Wildman–Crippen LogP) is 4.75. The number of anilines is 1. The molecule has 1 atom stereocenters. The summed E-state index contributed by atoms with van der Waals surface area (Å²) in [6.45, 7) is 8.17. The van der Waals surface area contributed by atoms with Crippen molar-refractivity contribution < 1.29 is 37.3 Å². The van der Waals surface area contributed by atoms with E-state index in [0.717, 1.165) is 19.9 Å². The summed E-state index contributed by atoms with van der Waals surface area (Å²) < 4.78 is 62.3. The first-order valence-electron chi connectivity index (χ1n) is 13.2. The van der Waals surface area contributed by atoms with Gasteiger partial charge in [0, 0.05) is 31.0 Å². The maximum absolute atomic E-state index is 15.4. The number of carbonyl (C=O) groups excluding carboxylic acids is 1. The molecular formula is C29H35F3N4O5. The van der Waals surface area contributed by atoms with E-state index >= 15 is 4.39 Å². The first-order valence-corrected chi connectivity index (χ1v) is 13.2. The number of carbonyl (C=O) groups is 1. The number of amides is 1. The van der Waals surface area contributed by atoms with Gasteiger partial charge in [0.2, 0.25) is 5.91 Å². The lowest BCUT2D eigenvalue weighted by atomic mass is 9.91. The van der Waals surface area contributed by atoms with E-state index in [1.54, 1.807) is 38.0 Å². The van der Waals surface area contributed by atoms with E-state index in [2.05, 4.69) is 15.3 Å². The minimum absolute atomic E-state index is 0.0210. The number of fused-ring (bicyclic) bond motifs is 1. The molecule has 0 spiro atoms. The van der Waals surface area contributed by atoms with E-state index < -0.39 is 28.9 Å². The van der Waals surface area contributed by atoms with Crippen molar-refractivity contribution in [3.63, 3.8) is 0 Å². The van der Waals surface area contributed by atoms with Gasteiger partial charge in [-0.3, -0.25) is 4.79 Å². The number of nitrogens with zero attached hydrogens (tertiary/aromatic N) is 3. The molecule has 1 fully saturated rings. The molecular weight excluding hydrogens is 541 g/mol. The molecule has 2 aromatic carbocycles. The first kappa shape index (κ1) is 30.3. The number of rotatable bonds is 11. The van der Waals surface area contributed by atoms with E-state index in [-0.39, 0.29) is 24.2 Å². The number of aryl methyl sites for hydroxylation is 1. The molecule has 222 valence electrons. The number of ether oxygens (including phenoxy) is 3. The van der Waals surface area contributed by atoms with Crippen LogP contribution < -0.4 is 14.8 Å². The van der Waals surface area contributed by atoms with Crippen molar-refractivity contribution in [3.8, 4) is 11.5 Å². The highest BCUT2D eigenvalue weighted by Gasteiger charge is 2.49. The fourth-order valence-electron chi connectivity index (χ4n) is 4.49. The summed E-state index contributed by atoms with van der Waals surface area (Å²) >= 11 is 0. The van der Waals surface area contributed by atoms with Gasteiger partial charge in [0.15, 0.2) is 11.5 Å². The summed E-state index contributed by atoms with van der Waals surface area (Å²) in [5.74, 6) is -3.37. The summed E-state index contributed by atoms with van der Waals surface area (Å²) in [6.07, 6.45) is -0.209. The number of aromatic nitrogens is 2. The van der Waals surface area contributed by atoms with Crippen LogP contribution >= 0.6 is 0 Å². The standard InChI is InChI=1S/C29H35F3N4O5/c1-16(20-8-7-9-22(26(20)30)29(31,32)28(4,5)38)33-27-21-12-24(40-11-10-39-6)25(13-23(21)34-17(2)35-27)41-19-14-36(15-19)18(3)37/h7-9,12-13,16,19,38H,10-11,14-15H2,1-6H3,(H,33,34,35). The molecule has 0 radical (unpaired) electrons. The van der Waals surface area contributed by atoms with Gasteiger partial charge in [0.1, 0.15) is 35.8 Å². The van der Waals surface area contributed by atoms with E-state index in [1.165, 1.54) is 19.1 Å². The van der Waals surface area contributed by atoms with Gasteiger partial charge in [-0.1, -0.05) is 12.1 Å². The lowest BCUT2D eigenvalue weighted by Crippen LogP contribution is -2.55. The summed E-state index contributed by atoms with van der Waals surface area (Å²) in [5, 5.41) is 13.7. The number of nitrogens with one attached hydrogen (secondary N) is 1. The average molecular weight is 577 g/mol. The van der Waals surface area contributed by atoms with Gasteiger partial charge in [0.25, 0.3) is 0 Å². The van der Waals surface area contributed by atoms with E-state index in [1.807, 2.05) is 0 Å². The van der Waals surface area contributed by atoms with Crippen molar-refractivity contribution in [1.82, 2.24) is 14.9 Å². The Kier molecular flexibility index (Phi) is 8.65. The Morgan fingerprint density at radius 3 is 2.54 bits per heavy atom. The van der Waals surface area contributed by atoms with Crippen LogP contribution in [0.5, 0.6) is 11.5 Å². The Morgan fingerprint density at radius 1 is 1.20 bits per heavy atom. The maximum Gasteiger partial charge on any atom is 0.303 e. The lowest BCUT2D eigenvalue weighted by molar-refractivity contribution is -0.170. The van der Waals surface area contributed by atoms with Gasteiger partial charge in [-0.15, -0.1) is 0 Å². The number of halogens is 3. The van der Waals surface area contributed by atoms with Crippen molar-refractivity contribution in [3.05, 3.63) is 53.1 Å². The molecule has 0 saturated carbocycles. The topological polar surface area (TPSA) is 106 Å². The molecule has 3 aromatic rings. The largest absolute Gasteiger partial charge is 0.487 e. The van der Waals surface area contributed by atoms with Crippen molar-refractivity contribution in [2.24, 2.45) is 0 Å². The number of aliphatic hydroxyl groups is 1. The molecule has 1 aliphatic heterocycles. The van der Waals surface area contributed by atoms with Crippen molar-refractivity contribution in [2.45, 2.75) is 58.3 Å². The quantitative estimate of drug-likeness (QED) is 0.315. The predicted molar refractivity (Wildman–Crippen MR) is 147 cm³/mol. The number of alkyl halides is 2. The molecule has 0 aliphatic carbocycles. The molecule has 1 aliphatic rings. The Labute approximate surface area is 236 Å². The van der Waals surface area contributed by atoms with Crippen molar-refractivity contribution in [1.29, 1.82) is 0 Å². The molecule has 1 amide bonds. The summed E-state index contributed by atoms with van der Waals surface area (Å²) in [7, 11) is 1.55. The Bertz CT molecular complexity index is 1420. The zero-order valence-corrected chi connectivity index (χ0v) is 23.9. The number of hydrogen-bond donors (Lipinski definition) is 2. The highest BCUT2D eigenvalue weighted by Crippen LogP contribution is 2.42. The molecule has 1 unspecified atom stereocenters. The minimum atomic E-state index is -3.82. The van der Waals surface area contributed by atoms with E-state index in [0.29, 0.717) is 53.7 Å². The number of methoxy groups -OCH3 is 1. The zero-order valence-electron chi connectivity index (χ0n) is 23.9. The second-order valence-corrected chi connectivity index (χ2v) is 10.6. The number of hydrogen-bond acceptors (Lipinski definition) is 8. The maximum atomic E-state index is 15.4. The van der Waals surface area contributed by atoms with Gasteiger partial charge in [-0.2, -0.15) is 8.78 Å². The fourth-order valence-corrected chi connectivity index (χ4v) is 4.49. The monoisotopic (exact) mass is 576 g/mol. The molecule has 1 aromatic heterocycles. The van der Waals surface area contributed by atoms with Gasteiger partial charge in [0.05, 0.1) is 36.8 Å². The van der Waals surface area contributed by atoms with Crippen LogP contribution in [0.15, 0.2) is 30.3 Å². The van der Waals surface area contributed by atoms with Crippen LogP contribution in [0.2, 0.25) is 0 Å². The van der Waals surface area contributed by atoms with Crippen LogP contribution in [0.1, 0.15) is 50.7 Å². The third kappa shape index (κ3) is 6.33. The van der Waals surface area contributed by atoms with E-state index in [4.69, 9.17) is 14.2 Å². The zero-order chi connectivity index (χ0) is 30.1. The van der Waals surface area contributed by atoms with Crippen LogP contribution in [0.25, 0.3) is 10.9 Å². The second kappa shape index (κ2) is 11.7. The molecule has 4 rings (SSSR count). The summed E-state index contributed by atoms with van der Waals surface area (Å²) in [5.41, 5.74) is -2.86. The second-order valence-electron chi connectivity index (χ2n) is 10.6. The highest BCUT2D eigenvalue weighted by molar-refractivity contribution is 5.92. The van der Waals surface area contributed by atoms with Crippen LogP contribution in [0.3, 0.4) is 0 Å². The van der Waals surface area contributed by atoms with Gasteiger partial charge < -0.3 is 29.5 Å². The average Bonchev–Trinajstić information content (AvgIpc) is 2.85. The van der Waals surface area contributed by atoms with Crippen LogP contribution in [-0.4, -0.2) is 71.0 Å². The van der Waals surface area contributed by atoms with Crippen LogP contribution in [0, 0.1) is 12.7 Å². The first-order chi connectivity index (χ1) is 19.2. The number of likely N-dealkylation sites (tertiary alicyclic amines) is 1. The molecule has 2 heterocycles. The van der Waals surface area contributed by atoms with Gasteiger partial charge in [-0.05, 0) is 39.8 Å². The van der Waals surface area contributed by atoms with Crippen LogP contribution in [-0.2, 0) is 15.5 Å². The SMILES string of the molecule is COCCOc1cc2c(NC(C)c3cccc(C(F)(F)C(C)(C)O)c3F)nc(C)nc2cc1OC1CN(C(C)=O)C1. The smallest absolute Gasteiger partial charge is 0.303 e. The fraction of sp³-hybridized carbons (Fsp3) is 0.483. The molecule has 41 heavy (non-hydrogen) atoms. The lowest BCUT2D eigenvalue weighted by Gasteiger charge is -2.38. The Balaban J connectivity index is 1.69. The third-order valence-corrected chi connectivity index (χ3v) is 6.96. The minimum Gasteiger partial charge on any atom is -0.487 e. The Morgan fingerprint density at radius 2 is 1.90 bits per heavy atom. The van der Waals surface area contributed by atoms with E-state index in [9.17, 15) is 18.7 Å². The van der Waals surface area contributed by atoms with Crippen molar-refractivity contribution >= 4 is 22.6 Å². The van der Waals surface area contributed by atoms with Crippen molar-refractivity contribution in [2.75, 3.05) is 38.7 Å². The third-order valence-electron chi connectivity index (χ3n) is 6.96. The molecule has 12 heteroatoms. The van der Waals surface area contributed by atoms with Gasteiger partial charge in [-0.25, -0.2) is 14.4 Å². The van der Waals surface area contributed by atoms with Gasteiger partial charge >= 0.3 is 5.92 Å². The van der Waals surface area contributed by atoms with Crippen LogP contribution in [0.4, 0.5) is 19.0 Å². The molecule has 2 N–H and O–H groups in total. The summed E-state index contributed by atoms with van der Waals surface area (Å²) in [4.78, 5) is 22.3. The summed E-state index contributed by atoms with van der Waals surface area (Å²) in [6, 6.07) is 6.33.